The topological polar surface area (TPSA) is 69.6 Å². The van der Waals surface area contributed by atoms with E-state index in [1.54, 1.807) is 0 Å². The van der Waals surface area contributed by atoms with Crippen molar-refractivity contribution in [2.75, 3.05) is 0 Å². The third-order valence-corrected chi connectivity index (χ3v) is 15.2. The van der Waals surface area contributed by atoms with Crippen LogP contribution in [0.2, 0.25) is 17.3 Å². The van der Waals surface area contributed by atoms with Gasteiger partial charge in [-0.05, 0) is 77.7 Å². The summed E-state index contributed by atoms with van der Waals surface area (Å²) in [5, 5.41) is 1.99. The first-order valence-electron chi connectivity index (χ1n) is 20.4. The maximum Gasteiger partial charge on any atom is 0 e. The smallest absolute Gasteiger partial charge is 0 e. The van der Waals surface area contributed by atoms with Gasteiger partial charge in [0.2, 0.25) is 0 Å². The summed E-state index contributed by atoms with van der Waals surface area (Å²) in [5.41, 5.74) is 13.9. The van der Waals surface area contributed by atoms with Crippen molar-refractivity contribution >= 4 is 50.8 Å². The van der Waals surface area contributed by atoms with E-state index in [0.29, 0.717) is 11.6 Å². The van der Waals surface area contributed by atoms with Crippen LogP contribution in [0.1, 0.15) is 63.1 Å². The molecule has 0 atom stereocenters. The Bertz CT molecular complexity index is 2940. The normalized spacial score (nSPS) is 11.8. The van der Waals surface area contributed by atoms with Gasteiger partial charge in [-0.25, -0.2) is 0 Å². The Morgan fingerprint density at radius 3 is 2.20 bits per heavy atom. The first kappa shape index (κ1) is 42.9. The number of nitrogens with zero attached hydrogens (tertiary/aromatic N) is 5. The Labute approximate surface area is 370 Å². The molecule has 6 nitrogen and oxygen atoms in total. The molecule has 60 heavy (non-hydrogen) atoms. The molecule has 0 aliphatic rings. The largest absolute Gasteiger partial charge is 0 e. The van der Waals surface area contributed by atoms with E-state index in [1.807, 2.05) is 44.3 Å². The second-order valence-electron chi connectivity index (χ2n) is 17.8. The average molecular weight is 1030 g/mol. The molecule has 0 aliphatic heterocycles. The summed E-state index contributed by atoms with van der Waals surface area (Å²) in [6.45, 7) is 15.2. The molecule has 9 aromatic rings. The predicted octanol–water partition coefficient (Wildman–Crippen LogP) is 13.0. The molecule has 0 N–H and O–H groups in total. The van der Waals surface area contributed by atoms with Crippen LogP contribution in [0.5, 0.6) is 0 Å². The number of rotatable bonds is 6. The molecule has 0 aliphatic carbocycles. The van der Waals surface area contributed by atoms with Crippen LogP contribution in [0.25, 0.3) is 72.6 Å². The molecule has 9 rings (SSSR count). The second kappa shape index (κ2) is 17.0. The van der Waals surface area contributed by atoms with E-state index in [-0.39, 0.29) is 25.5 Å². The summed E-state index contributed by atoms with van der Waals surface area (Å²) in [4.78, 5) is 19.2. The van der Waals surface area contributed by atoms with E-state index < -0.39 is 13.3 Å². The van der Waals surface area contributed by atoms with Crippen LogP contribution < -0.4 is 4.40 Å². The van der Waals surface area contributed by atoms with Gasteiger partial charge in [0.1, 0.15) is 11.3 Å². The van der Waals surface area contributed by atoms with Crippen molar-refractivity contribution in [3.05, 3.63) is 156 Å². The molecule has 0 fully saturated rings. The zero-order valence-electron chi connectivity index (χ0n) is 36.1. The van der Waals surface area contributed by atoms with Crippen LogP contribution in [0.15, 0.2) is 126 Å². The van der Waals surface area contributed by atoms with Crippen molar-refractivity contribution in [1.82, 2.24) is 24.5 Å². The molecule has 0 amide bonds. The fraction of sp³-hybridized carbons (Fsp3) is 0.231. The van der Waals surface area contributed by atoms with E-state index in [9.17, 15) is 0 Å². The molecule has 0 saturated heterocycles. The molecule has 0 saturated carbocycles. The van der Waals surface area contributed by atoms with Crippen molar-refractivity contribution in [3.8, 4) is 39.5 Å². The number of furan rings is 1. The van der Waals surface area contributed by atoms with Crippen LogP contribution in [-0.4, -0.2) is 37.8 Å². The zero-order valence-corrected chi connectivity index (χ0v) is 40.6. The molecule has 1 radical (unpaired) electrons. The van der Waals surface area contributed by atoms with E-state index in [4.69, 9.17) is 14.4 Å². The molecule has 0 bridgehead atoms. The maximum absolute atomic E-state index is 6.19. The molecular formula is C52H51GeIrN5O-2. The monoisotopic (exact) mass is 1030 g/mol. The maximum atomic E-state index is 6.19. The molecule has 0 spiro atoms. The summed E-state index contributed by atoms with van der Waals surface area (Å²) < 4.78 is 9.88. The Morgan fingerprint density at radius 2 is 1.53 bits per heavy atom. The molecule has 5 aromatic heterocycles. The summed E-state index contributed by atoms with van der Waals surface area (Å²) >= 11 is -1.72. The van der Waals surface area contributed by atoms with E-state index in [1.165, 1.54) is 15.5 Å². The fourth-order valence-electron chi connectivity index (χ4n) is 7.50. The molecule has 5 heterocycles. The first-order chi connectivity index (χ1) is 28.2. The van der Waals surface area contributed by atoms with Crippen LogP contribution in [0.4, 0.5) is 0 Å². The Morgan fingerprint density at radius 1 is 0.767 bits per heavy atom. The van der Waals surface area contributed by atoms with Crippen LogP contribution in [0.3, 0.4) is 0 Å². The Balaban J connectivity index is 0.000000270. The van der Waals surface area contributed by atoms with Gasteiger partial charge >= 0.3 is 99.8 Å². The minimum absolute atomic E-state index is 0. The predicted molar refractivity (Wildman–Crippen MR) is 247 cm³/mol. The number of hydrogen-bond acceptors (Lipinski definition) is 5. The number of hydrogen-bond donors (Lipinski definition) is 0. The summed E-state index contributed by atoms with van der Waals surface area (Å²) in [6.07, 6.45) is 5.32. The quantitative estimate of drug-likeness (QED) is 0.123. The van der Waals surface area contributed by atoms with Crippen molar-refractivity contribution in [2.24, 2.45) is 0 Å². The standard InChI is InChI=1S/C38H35N4O.C14H16GeN.Ir/c1-22(2)26-13-15-29-31-18-27(21-39-37(31)43-34(29)19-26)36-41-35-24(4)40-23(3)17-33(35)42(36)32-16-14-28(38(5,6)7)20-30(32)25-11-9-8-10-12-25;1-15(2,3)13-9-10-14(16-11-13)12-7-5-4-6-8-12;/h8-20,22H,1-7H3;4-7,9-11H,1-3H3;/q2*-1;. The van der Waals surface area contributed by atoms with Gasteiger partial charge in [0.05, 0.1) is 22.6 Å². The number of benzene rings is 4. The molecular weight excluding hydrogens is 975 g/mol. The molecule has 305 valence electrons. The summed E-state index contributed by atoms with van der Waals surface area (Å²) in [7, 11) is 0. The van der Waals surface area contributed by atoms with E-state index in [0.717, 1.165) is 78.2 Å². The molecule has 4 aromatic carbocycles. The van der Waals surface area contributed by atoms with Gasteiger partial charge in [0.15, 0.2) is 0 Å². The van der Waals surface area contributed by atoms with E-state index in [2.05, 4.69) is 170 Å². The Hall–Kier alpha value is -5.21. The zero-order chi connectivity index (χ0) is 41.6. The van der Waals surface area contributed by atoms with Crippen LogP contribution >= 0.6 is 0 Å². The molecule has 0 unspecified atom stereocenters. The minimum atomic E-state index is -1.72. The third-order valence-electron chi connectivity index (χ3n) is 11.0. The van der Waals surface area contributed by atoms with Gasteiger partial charge < -0.3 is 14.0 Å². The van der Waals surface area contributed by atoms with E-state index >= 15 is 0 Å². The van der Waals surface area contributed by atoms with Gasteiger partial charge in [-0.2, -0.15) is 0 Å². The minimum Gasteiger partial charge on any atom is 0 e. The van der Waals surface area contributed by atoms with Crippen molar-refractivity contribution in [2.45, 2.75) is 77.1 Å². The third kappa shape index (κ3) is 8.67. The van der Waals surface area contributed by atoms with Crippen LogP contribution in [-0.2, 0) is 25.5 Å². The number of imidazole rings is 1. The van der Waals surface area contributed by atoms with Crippen molar-refractivity contribution in [1.29, 1.82) is 0 Å². The van der Waals surface area contributed by atoms with Crippen molar-refractivity contribution in [3.63, 3.8) is 0 Å². The number of aromatic nitrogens is 5. The van der Waals surface area contributed by atoms with Crippen molar-refractivity contribution < 1.29 is 24.5 Å². The fourth-order valence-corrected chi connectivity index (χ4v) is 9.68. The van der Waals surface area contributed by atoms with Gasteiger partial charge in [0, 0.05) is 42.4 Å². The Kier molecular flexibility index (Phi) is 12.2. The van der Waals surface area contributed by atoms with Gasteiger partial charge in [-0.15, -0.1) is 6.07 Å². The number of pyridine rings is 3. The van der Waals surface area contributed by atoms with Gasteiger partial charge in [0.25, 0.3) is 0 Å². The van der Waals surface area contributed by atoms with Gasteiger partial charge in [-0.1, -0.05) is 88.7 Å². The summed E-state index contributed by atoms with van der Waals surface area (Å²) in [6, 6.07) is 43.5. The second-order valence-corrected chi connectivity index (χ2v) is 28.5. The SMILES string of the molecule is Cc1cc2c(nc(-c3[c-]nc4oc5cc(C(C)C)ccc5c4c3)n2-c2ccc(C(C)(C)C)cc2-c2ccccc2)c(C)n1.[CH3][Ge]([CH3])([CH3])[c]1ccc(-c2[c-]cccc2)nc1.[Ir]. The first-order valence-corrected chi connectivity index (χ1v) is 27.8. The number of aryl methyl sites for hydroxylation is 2. The number of fused-ring (bicyclic) bond motifs is 4. The molecule has 8 heteroatoms. The van der Waals surface area contributed by atoms with Crippen LogP contribution in [0, 0.1) is 26.1 Å². The summed E-state index contributed by atoms with van der Waals surface area (Å²) in [5.74, 6) is 8.33. The average Bonchev–Trinajstić information content (AvgIpc) is 3.79. The van der Waals surface area contributed by atoms with Gasteiger partial charge in [-0.3, -0.25) is 9.97 Å².